The average molecular weight is 433 g/mol. The molecule has 5 heteroatoms. The molecule has 3 aromatic rings. The number of hydrogen-bond donors (Lipinski definition) is 1. The number of halogens is 1. The minimum absolute atomic E-state index is 0.228. The van der Waals surface area contributed by atoms with E-state index in [0.717, 1.165) is 55.0 Å². The van der Waals surface area contributed by atoms with Gasteiger partial charge in [0.1, 0.15) is 23.8 Å². The highest BCUT2D eigenvalue weighted by Gasteiger charge is 2.52. The molecule has 1 aromatic heterocycles. The van der Waals surface area contributed by atoms with Gasteiger partial charge in [-0.1, -0.05) is 30.3 Å². The highest BCUT2D eigenvalue weighted by molar-refractivity contribution is 5.28. The van der Waals surface area contributed by atoms with Crippen LogP contribution in [0.4, 0.5) is 4.39 Å². The number of aryl methyl sites for hydroxylation is 1. The quantitative estimate of drug-likeness (QED) is 0.606. The molecule has 5 rings (SSSR count). The third-order valence-electron chi connectivity index (χ3n) is 7.01. The summed E-state index contributed by atoms with van der Waals surface area (Å²) >= 11 is 0. The lowest BCUT2D eigenvalue weighted by molar-refractivity contribution is -0.0108. The van der Waals surface area contributed by atoms with Gasteiger partial charge in [-0.3, -0.25) is 9.88 Å². The monoisotopic (exact) mass is 432 g/mol. The van der Waals surface area contributed by atoms with E-state index in [1.807, 2.05) is 43.5 Å². The Morgan fingerprint density at radius 1 is 1.09 bits per heavy atom. The van der Waals surface area contributed by atoms with Crippen LogP contribution in [0.25, 0.3) is 0 Å². The summed E-state index contributed by atoms with van der Waals surface area (Å²) in [6.07, 6.45) is 3.69. The van der Waals surface area contributed by atoms with Gasteiger partial charge in [0, 0.05) is 31.7 Å². The highest BCUT2D eigenvalue weighted by atomic mass is 19.1. The average Bonchev–Trinajstić information content (AvgIpc) is 3.34. The number of aliphatic hydroxyl groups is 1. The van der Waals surface area contributed by atoms with Crippen LogP contribution < -0.4 is 4.74 Å². The van der Waals surface area contributed by atoms with Gasteiger partial charge in [0.2, 0.25) is 0 Å². The summed E-state index contributed by atoms with van der Waals surface area (Å²) in [4.78, 5) is 6.99. The van der Waals surface area contributed by atoms with E-state index in [9.17, 15) is 9.50 Å². The SMILES string of the molecule is Cc1ccc([C@]2(O)CC[C@H]3CN(Cc4ccc(OCc5cccc(F)c5)cc4)C[C@H]32)nc1. The van der Waals surface area contributed by atoms with E-state index in [-0.39, 0.29) is 11.7 Å². The molecule has 0 spiro atoms. The standard InChI is InChI=1S/C27H29FN2O2/c1-19-5-10-26(29-14-19)27(31)12-11-22-16-30(17-25(22)27)15-20-6-8-24(9-7-20)32-18-21-3-2-4-23(28)13-21/h2-10,13-14,22,25,31H,11-12,15-18H2,1H3/t22-,25+,27-/m0/s1. The Morgan fingerprint density at radius 2 is 1.94 bits per heavy atom. The Kier molecular flexibility index (Phi) is 5.70. The Labute approximate surface area is 188 Å². The molecule has 1 saturated heterocycles. The van der Waals surface area contributed by atoms with E-state index in [2.05, 4.69) is 22.0 Å². The summed E-state index contributed by atoms with van der Waals surface area (Å²) in [6.45, 7) is 5.12. The maximum atomic E-state index is 13.3. The Bertz CT molecular complexity index is 1070. The van der Waals surface area contributed by atoms with Crippen LogP contribution in [0.5, 0.6) is 5.75 Å². The first-order valence-electron chi connectivity index (χ1n) is 11.3. The molecule has 2 aromatic carbocycles. The topological polar surface area (TPSA) is 45.6 Å². The third kappa shape index (κ3) is 4.27. The first kappa shape index (κ1) is 21.1. The van der Waals surface area contributed by atoms with Crippen molar-refractivity contribution in [3.05, 3.63) is 95.1 Å². The van der Waals surface area contributed by atoms with Crippen LogP contribution in [0.2, 0.25) is 0 Å². The lowest BCUT2D eigenvalue weighted by Gasteiger charge is -2.30. The van der Waals surface area contributed by atoms with Crippen LogP contribution in [0.1, 0.15) is 35.2 Å². The van der Waals surface area contributed by atoms with Gasteiger partial charge in [-0.2, -0.15) is 0 Å². The van der Waals surface area contributed by atoms with Crippen molar-refractivity contribution in [2.75, 3.05) is 13.1 Å². The van der Waals surface area contributed by atoms with Crippen molar-refractivity contribution in [1.29, 1.82) is 0 Å². The van der Waals surface area contributed by atoms with Gasteiger partial charge in [0.15, 0.2) is 0 Å². The molecule has 0 amide bonds. The van der Waals surface area contributed by atoms with Crippen molar-refractivity contribution in [2.45, 2.75) is 38.5 Å². The molecule has 2 aliphatic rings. The molecule has 2 heterocycles. The van der Waals surface area contributed by atoms with Crippen molar-refractivity contribution in [3.63, 3.8) is 0 Å². The van der Waals surface area contributed by atoms with Crippen LogP contribution in [0, 0.1) is 24.6 Å². The molecule has 32 heavy (non-hydrogen) atoms. The van der Waals surface area contributed by atoms with Crippen molar-refractivity contribution in [3.8, 4) is 5.75 Å². The van der Waals surface area contributed by atoms with Crippen LogP contribution in [-0.2, 0) is 18.8 Å². The number of aromatic nitrogens is 1. The van der Waals surface area contributed by atoms with E-state index >= 15 is 0 Å². The first-order chi connectivity index (χ1) is 15.5. The molecule has 1 N–H and O–H groups in total. The van der Waals surface area contributed by atoms with Crippen LogP contribution in [0.3, 0.4) is 0 Å². The maximum Gasteiger partial charge on any atom is 0.123 e. The fourth-order valence-corrected chi connectivity index (χ4v) is 5.30. The van der Waals surface area contributed by atoms with E-state index in [1.165, 1.54) is 17.7 Å². The number of fused-ring (bicyclic) bond motifs is 1. The van der Waals surface area contributed by atoms with Gasteiger partial charge >= 0.3 is 0 Å². The zero-order chi connectivity index (χ0) is 22.1. The molecule has 0 bridgehead atoms. The van der Waals surface area contributed by atoms with Crippen LogP contribution in [-0.4, -0.2) is 28.1 Å². The maximum absolute atomic E-state index is 13.3. The van der Waals surface area contributed by atoms with E-state index in [0.29, 0.717) is 12.5 Å². The molecule has 1 aliphatic heterocycles. The fourth-order valence-electron chi connectivity index (χ4n) is 5.30. The lowest BCUT2D eigenvalue weighted by Crippen LogP contribution is -2.35. The van der Waals surface area contributed by atoms with Gasteiger partial charge in [-0.05, 0) is 72.7 Å². The lowest BCUT2D eigenvalue weighted by atomic mass is 9.85. The zero-order valence-corrected chi connectivity index (χ0v) is 18.4. The normalized spacial score (nSPS) is 25.1. The molecule has 2 fully saturated rings. The molecular formula is C27H29FN2O2. The minimum atomic E-state index is -0.818. The smallest absolute Gasteiger partial charge is 0.123 e. The molecular weight excluding hydrogens is 403 g/mol. The Morgan fingerprint density at radius 3 is 2.69 bits per heavy atom. The Balaban J connectivity index is 1.19. The van der Waals surface area contributed by atoms with Crippen LogP contribution in [0.15, 0.2) is 66.9 Å². The molecule has 1 saturated carbocycles. The van der Waals surface area contributed by atoms with Gasteiger partial charge in [0.05, 0.1) is 5.69 Å². The van der Waals surface area contributed by atoms with E-state index in [1.54, 1.807) is 6.07 Å². The number of benzene rings is 2. The van der Waals surface area contributed by atoms with E-state index in [4.69, 9.17) is 4.74 Å². The predicted octanol–water partition coefficient (Wildman–Crippen LogP) is 4.84. The first-order valence-corrected chi connectivity index (χ1v) is 11.3. The van der Waals surface area contributed by atoms with Crippen molar-refractivity contribution < 1.29 is 14.2 Å². The predicted molar refractivity (Wildman–Crippen MR) is 122 cm³/mol. The van der Waals surface area contributed by atoms with Gasteiger partial charge in [-0.15, -0.1) is 0 Å². The molecule has 166 valence electrons. The number of likely N-dealkylation sites (tertiary alicyclic amines) is 1. The largest absolute Gasteiger partial charge is 0.489 e. The number of ether oxygens (including phenoxy) is 1. The number of hydrogen-bond acceptors (Lipinski definition) is 4. The van der Waals surface area contributed by atoms with Gasteiger partial charge in [-0.25, -0.2) is 4.39 Å². The fraction of sp³-hybridized carbons (Fsp3) is 0.370. The zero-order valence-electron chi connectivity index (χ0n) is 18.4. The molecule has 1 aliphatic carbocycles. The van der Waals surface area contributed by atoms with Crippen molar-refractivity contribution in [2.24, 2.45) is 11.8 Å². The van der Waals surface area contributed by atoms with E-state index < -0.39 is 5.60 Å². The summed E-state index contributed by atoms with van der Waals surface area (Å²) in [5, 5.41) is 11.5. The minimum Gasteiger partial charge on any atom is -0.489 e. The molecule has 3 atom stereocenters. The van der Waals surface area contributed by atoms with Crippen molar-refractivity contribution >= 4 is 0 Å². The third-order valence-corrected chi connectivity index (χ3v) is 7.01. The van der Waals surface area contributed by atoms with Crippen molar-refractivity contribution in [1.82, 2.24) is 9.88 Å². The summed E-state index contributed by atoms with van der Waals surface area (Å²) < 4.78 is 19.1. The van der Waals surface area contributed by atoms with Gasteiger partial charge < -0.3 is 9.84 Å². The Hall–Kier alpha value is -2.76. The van der Waals surface area contributed by atoms with Gasteiger partial charge in [0.25, 0.3) is 0 Å². The summed E-state index contributed by atoms with van der Waals surface area (Å²) in [6, 6.07) is 18.6. The second-order valence-corrected chi connectivity index (χ2v) is 9.31. The summed E-state index contributed by atoms with van der Waals surface area (Å²) in [7, 11) is 0. The molecule has 0 radical (unpaired) electrons. The number of nitrogens with zero attached hydrogens (tertiary/aromatic N) is 2. The molecule has 4 nitrogen and oxygen atoms in total. The number of pyridine rings is 1. The summed E-state index contributed by atoms with van der Waals surface area (Å²) in [5.41, 5.74) is 3.15. The highest BCUT2D eigenvalue weighted by Crippen LogP contribution is 2.50. The second kappa shape index (κ2) is 8.64. The second-order valence-electron chi connectivity index (χ2n) is 9.31. The molecule has 0 unspecified atom stereocenters. The number of rotatable bonds is 6. The van der Waals surface area contributed by atoms with Crippen LogP contribution >= 0.6 is 0 Å². The summed E-state index contributed by atoms with van der Waals surface area (Å²) in [5.74, 6) is 1.27.